The number of carbonyl (C=O) groups is 1. The van der Waals surface area contributed by atoms with Crippen LogP contribution >= 0.6 is 0 Å². The molecular weight excluding hydrogens is 364 g/mol. The molecule has 0 bridgehead atoms. The molecule has 2 fully saturated rings. The van der Waals surface area contributed by atoms with Crippen molar-refractivity contribution >= 4 is 5.91 Å². The van der Waals surface area contributed by atoms with E-state index in [4.69, 9.17) is 0 Å². The second-order valence-electron chi connectivity index (χ2n) is 8.57. The van der Waals surface area contributed by atoms with E-state index in [9.17, 15) is 9.59 Å². The van der Waals surface area contributed by atoms with Crippen molar-refractivity contribution in [2.45, 2.75) is 69.7 Å². The molecule has 1 aromatic heterocycles. The Morgan fingerprint density at radius 3 is 2.45 bits per heavy atom. The van der Waals surface area contributed by atoms with Crippen LogP contribution in [0, 0.1) is 0 Å². The Balaban J connectivity index is 1.32. The quantitative estimate of drug-likeness (QED) is 0.752. The van der Waals surface area contributed by atoms with Crippen LogP contribution in [0.15, 0.2) is 35.1 Å². The third-order valence-electron chi connectivity index (χ3n) is 6.58. The Labute approximate surface area is 172 Å². The molecule has 1 saturated carbocycles. The standard InChI is InChI=1S/C23H32N4O2/c1-25-23(29)27(20-11-5-6-12-20)22(24-25)19-14-16-26(17-15-19)21(28)13-7-10-18-8-3-2-4-9-18/h2-4,8-9,19-20H,5-7,10-17H2,1H3. The highest BCUT2D eigenvalue weighted by atomic mass is 16.2. The van der Waals surface area contributed by atoms with E-state index in [-0.39, 0.29) is 17.5 Å². The Hall–Kier alpha value is -2.37. The van der Waals surface area contributed by atoms with Gasteiger partial charge in [0, 0.05) is 38.5 Å². The fourth-order valence-electron chi connectivity index (χ4n) is 4.92. The van der Waals surface area contributed by atoms with Gasteiger partial charge in [-0.2, -0.15) is 5.10 Å². The second-order valence-corrected chi connectivity index (χ2v) is 8.57. The summed E-state index contributed by atoms with van der Waals surface area (Å²) >= 11 is 0. The average Bonchev–Trinajstić information content (AvgIpc) is 3.37. The molecule has 29 heavy (non-hydrogen) atoms. The van der Waals surface area contributed by atoms with E-state index in [1.165, 1.54) is 23.1 Å². The minimum atomic E-state index is 0.0197. The number of amides is 1. The van der Waals surface area contributed by atoms with E-state index >= 15 is 0 Å². The molecular formula is C23H32N4O2. The lowest BCUT2D eigenvalue weighted by Gasteiger charge is -2.32. The Bertz CT molecular complexity index is 872. The van der Waals surface area contributed by atoms with E-state index in [2.05, 4.69) is 17.2 Å². The number of carbonyl (C=O) groups excluding carboxylic acids is 1. The summed E-state index contributed by atoms with van der Waals surface area (Å²) in [5, 5.41) is 4.60. The van der Waals surface area contributed by atoms with Crippen LogP contribution in [-0.4, -0.2) is 38.2 Å². The van der Waals surface area contributed by atoms with Gasteiger partial charge in [0.05, 0.1) is 0 Å². The van der Waals surface area contributed by atoms with Gasteiger partial charge in [0.1, 0.15) is 5.82 Å². The number of aromatic nitrogens is 3. The number of likely N-dealkylation sites (tertiary alicyclic amines) is 1. The molecule has 6 heteroatoms. The molecule has 0 spiro atoms. The highest BCUT2D eigenvalue weighted by Crippen LogP contribution is 2.33. The predicted molar refractivity (Wildman–Crippen MR) is 113 cm³/mol. The van der Waals surface area contributed by atoms with Crippen LogP contribution in [0.2, 0.25) is 0 Å². The maximum Gasteiger partial charge on any atom is 0.345 e. The molecule has 1 amide bonds. The average molecular weight is 397 g/mol. The van der Waals surface area contributed by atoms with Crippen molar-refractivity contribution < 1.29 is 4.79 Å². The number of piperidine rings is 1. The fourth-order valence-corrected chi connectivity index (χ4v) is 4.92. The molecule has 6 nitrogen and oxygen atoms in total. The lowest BCUT2D eigenvalue weighted by Crippen LogP contribution is -2.38. The third kappa shape index (κ3) is 4.46. The van der Waals surface area contributed by atoms with Crippen LogP contribution in [0.1, 0.15) is 74.7 Å². The Morgan fingerprint density at radius 1 is 1.07 bits per heavy atom. The number of hydrogen-bond acceptors (Lipinski definition) is 3. The van der Waals surface area contributed by atoms with E-state index in [1.807, 2.05) is 27.7 Å². The van der Waals surface area contributed by atoms with Gasteiger partial charge in [-0.05, 0) is 44.1 Å². The van der Waals surface area contributed by atoms with Crippen LogP contribution in [0.25, 0.3) is 0 Å². The van der Waals surface area contributed by atoms with Gasteiger partial charge < -0.3 is 4.90 Å². The van der Waals surface area contributed by atoms with Crippen LogP contribution in [0.5, 0.6) is 0 Å². The van der Waals surface area contributed by atoms with Crippen molar-refractivity contribution in [3.05, 3.63) is 52.2 Å². The van der Waals surface area contributed by atoms with Crippen LogP contribution < -0.4 is 5.69 Å². The Morgan fingerprint density at radius 2 is 1.76 bits per heavy atom. The van der Waals surface area contributed by atoms with Gasteiger partial charge in [0.15, 0.2) is 0 Å². The van der Waals surface area contributed by atoms with Gasteiger partial charge in [-0.25, -0.2) is 9.48 Å². The minimum absolute atomic E-state index is 0.0197. The van der Waals surface area contributed by atoms with Crippen molar-refractivity contribution in [1.29, 1.82) is 0 Å². The van der Waals surface area contributed by atoms with E-state index < -0.39 is 0 Å². The number of benzene rings is 1. The smallest absolute Gasteiger partial charge is 0.343 e. The van der Waals surface area contributed by atoms with E-state index in [0.717, 1.165) is 57.4 Å². The third-order valence-corrected chi connectivity index (χ3v) is 6.58. The summed E-state index contributed by atoms with van der Waals surface area (Å²) in [6.07, 6.45) is 8.80. The SMILES string of the molecule is Cn1nc(C2CCN(C(=O)CCCc3ccccc3)CC2)n(C2CCCC2)c1=O. The molecule has 1 aliphatic heterocycles. The summed E-state index contributed by atoms with van der Waals surface area (Å²) < 4.78 is 3.46. The van der Waals surface area contributed by atoms with Crippen LogP contribution in [0.3, 0.4) is 0 Å². The summed E-state index contributed by atoms with van der Waals surface area (Å²) in [5.74, 6) is 1.48. The summed E-state index contributed by atoms with van der Waals surface area (Å²) in [4.78, 5) is 27.2. The summed E-state index contributed by atoms with van der Waals surface area (Å²) in [6, 6.07) is 10.7. The normalized spacial score (nSPS) is 18.4. The molecule has 2 heterocycles. The molecule has 2 aliphatic rings. The van der Waals surface area contributed by atoms with Gasteiger partial charge in [-0.3, -0.25) is 9.36 Å². The molecule has 156 valence electrons. The van der Waals surface area contributed by atoms with Crippen molar-refractivity contribution in [1.82, 2.24) is 19.2 Å². The molecule has 0 N–H and O–H groups in total. The van der Waals surface area contributed by atoms with Gasteiger partial charge in [-0.15, -0.1) is 0 Å². The topological polar surface area (TPSA) is 60.1 Å². The minimum Gasteiger partial charge on any atom is -0.343 e. The van der Waals surface area contributed by atoms with Crippen molar-refractivity contribution in [2.75, 3.05) is 13.1 Å². The maximum atomic E-state index is 12.6. The van der Waals surface area contributed by atoms with Gasteiger partial charge in [-0.1, -0.05) is 43.2 Å². The monoisotopic (exact) mass is 396 g/mol. The number of nitrogens with zero attached hydrogens (tertiary/aromatic N) is 4. The predicted octanol–water partition coefficient (Wildman–Crippen LogP) is 3.43. The first-order chi connectivity index (χ1) is 14.1. The van der Waals surface area contributed by atoms with Gasteiger partial charge in [0.2, 0.25) is 5.91 Å². The molecule has 0 atom stereocenters. The van der Waals surface area contributed by atoms with Crippen molar-refractivity contribution in [3.8, 4) is 0 Å². The van der Waals surface area contributed by atoms with E-state index in [0.29, 0.717) is 12.5 Å². The summed E-state index contributed by atoms with van der Waals surface area (Å²) in [7, 11) is 1.75. The lowest BCUT2D eigenvalue weighted by atomic mass is 9.95. The van der Waals surface area contributed by atoms with Crippen molar-refractivity contribution in [3.63, 3.8) is 0 Å². The Kier molecular flexibility index (Phi) is 6.16. The molecule has 0 unspecified atom stereocenters. The first-order valence-corrected chi connectivity index (χ1v) is 11.1. The number of rotatable bonds is 6. The number of hydrogen-bond donors (Lipinski definition) is 0. The highest BCUT2D eigenvalue weighted by Gasteiger charge is 2.31. The maximum absolute atomic E-state index is 12.6. The zero-order valence-electron chi connectivity index (χ0n) is 17.4. The molecule has 1 aliphatic carbocycles. The molecule has 4 rings (SSSR count). The molecule has 2 aromatic rings. The first-order valence-electron chi connectivity index (χ1n) is 11.1. The second kappa shape index (κ2) is 8.97. The highest BCUT2D eigenvalue weighted by molar-refractivity contribution is 5.76. The molecule has 1 saturated heterocycles. The number of aryl methyl sites for hydroxylation is 2. The molecule has 1 aromatic carbocycles. The van der Waals surface area contributed by atoms with E-state index in [1.54, 1.807) is 7.05 Å². The summed E-state index contributed by atoms with van der Waals surface area (Å²) in [5.41, 5.74) is 1.31. The summed E-state index contributed by atoms with van der Waals surface area (Å²) in [6.45, 7) is 1.54. The zero-order chi connectivity index (χ0) is 20.2. The first kappa shape index (κ1) is 19.9. The van der Waals surface area contributed by atoms with Gasteiger partial charge in [0.25, 0.3) is 0 Å². The van der Waals surface area contributed by atoms with Gasteiger partial charge >= 0.3 is 5.69 Å². The zero-order valence-corrected chi connectivity index (χ0v) is 17.4. The lowest BCUT2D eigenvalue weighted by molar-refractivity contribution is -0.132. The fraction of sp³-hybridized carbons (Fsp3) is 0.609. The largest absolute Gasteiger partial charge is 0.345 e. The van der Waals surface area contributed by atoms with Crippen molar-refractivity contribution in [2.24, 2.45) is 7.05 Å². The van der Waals surface area contributed by atoms with Crippen LogP contribution in [0.4, 0.5) is 0 Å². The van der Waals surface area contributed by atoms with Crippen LogP contribution in [-0.2, 0) is 18.3 Å². The molecule has 0 radical (unpaired) electrons.